The van der Waals surface area contributed by atoms with Crippen molar-refractivity contribution in [2.75, 3.05) is 0 Å². The van der Waals surface area contributed by atoms with Crippen molar-refractivity contribution in [1.82, 2.24) is 16.0 Å². The van der Waals surface area contributed by atoms with Crippen molar-refractivity contribution in [3.63, 3.8) is 0 Å². The van der Waals surface area contributed by atoms with Crippen LogP contribution in [0.1, 0.15) is 153 Å². The fraction of sp³-hybridized carbons (Fsp3) is 0.872. The van der Waals surface area contributed by atoms with Crippen LogP contribution in [0.25, 0.3) is 0 Å². The lowest BCUT2D eigenvalue weighted by Crippen LogP contribution is -2.60. The van der Waals surface area contributed by atoms with E-state index in [9.17, 15) is 34.2 Å². The summed E-state index contributed by atoms with van der Waals surface area (Å²) in [6.45, 7) is 18.9. The van der Waals surface area contributed by atoms with E-state index in [2.05, 4.69) is 22.9 Å². The molecule has 0 aliphatic carbocycles. The molecule has 0 bridgehead atoms. The van der Waals surface area contributed by atoms with E-state index in [1.165, 1.54) is 51.9 Å². The average Bonchev–Trinajstić information content (AvgIpc) is 3.04. The smallest absolute Gasteiger partial charge is 0.408 e. The van der Waals surface area contributed by atoms with E-state index in [4.69, 9.17) is 9.47 Å². The van der Waals surface area contributed by atoms with Crippen LogP contribution in [0.3, 0.4) is 0 Å². The number of carbonyl (C=O) groups excluding carboxylic acids is 5. The Morgan fingerprint density at radius 3 is 1.55 bits per heavy atom. The zero-order valence-electron chi connectivity index (χ0n) is 33.6. The molecule has 0 aromatic heterocycles. The third kappa shape index (κ3) is 20.2. The van der Waals surface area contributed by atoms with E-state index in [1.807, 2.05) is 0 Å². The van der Waals surface area contributed by atoms with Crippen LogP contribution < -0.4 is 16.0 Å². The Kier molecular flexibility index (Phi) is 23.9. The molecule has 298 valence electrons. The summed E-state index contributed by atoms with van der Waals surface area (Å²) in [5, 5.41) is 29.0. The number of unbranched alkanes of at least 4 members (excludes halogenated alkanes) is 10. The molecule has 0 heterocycles. The van der Waals surface area contributed by atoms with Gasteiger partial charge in [0.1, 0.15) is 36.1 Å². The van der Waals surface area contributed by atoms with Crippen LogP contribution in [-0.2, 0) is 28.7 Å². The Balaban J connectivity index is 5.64. The van der Waals surface area contributed by atoms with Gasteiger partial charge in [-0.1, -0.05) is 113 Å². The summed E-state index contributed by atoms with van der Waals surface area (Å²) in [7, 11) is 0. The third-order valence-corrected chi connectivity index (χ3v) is 9.14. The normalized spacial score (nSPS) is 16.6. The number of hydrogen-bond acceptors (Lipinski definition) is 9. The Labute approximate surface area is 308 Å². The number of ether oxygens (including phenoxy) is 2. The highest BCUT2D eigenvalue weighted by molar-refractivity contribution is 5.93. The average molecular weight is 728 g/mol. The lowest BCUT2D eigenvalue weighted by Gasteiger charge is -2.32. The van der Waals surface area contributed by atoms with Crippen LogP contribution in [0.2, 0.25) is 0 Å². The SMILES string of the molecule is CCCCCCCCCCCCC[C@@H](OC(=O)[C@@H](NC(=O)[C@@H](NC(=O)[C@@H](NC(=O)OC(C)(C)C)C(C)C)[C@@H](C)O)C(C)C)[C@H](C)[C@@H](O)[C@@H](C)C=O. The van der Waals surface area contributed by atoms with Crippen LogP contribution in [-0.4, -0.2) is 82.4 Å². The predicted molar refractivity (Wildman–Crippen MR) is 200 cm³/mol. The molecule has 51 heavy (non-hydrogen) atoms. The summed E-state index contributed by atoms with van der Waals surface area (Å²) in [6, 6.07) is -3.66. The van der Waals surface area contributed by atoms with E-state index in [0.29, 0.717) is 12.7 Å². The van der Waals surface area contributed by atoms with Gasteiger partial charge < -0.3 is 40.4 Å². The highest BCUT2D eigenvalue weighted by Crippen LogP contribution is 2.24. The van der Waals surface area contributed by atoms with E-state index >= 15 is 0 Å². The van der Waals surface area contributed by atoms with Crippen LogP contribution in [0.5, 0.6) is 0 Å². The molecule has 0 unspecified atom stereocenters. The van der Waals surface area contributed by atoms with Crippen LogP contribution >= 0.6 is 0 Å². The second kappa shape index (κ2) is 25.3. The number of aliphatic hydroxyl groups excluding tert-OH is 2. The Hall–Kier alpha value is -2.73. The van der Waals surface area contributed by atoms with Gasteiger partial charge in [-0.2, -0.15) is 0 Å². The number of rotatable bonds is 26. The van der Waals surface area contributed by atoms with E-state index in [-0.39, 0.29) is 5.92 Å². The molecule has 8 atom stereocenters. The fourth-order valence-electron chi connectivity index (χ4n) is 5.80. The van der Waals surface area contributed by atoms with E-state index < -0.39 is 83.7 Å². The van der Waals surface area contributed by atoms with Crippen molar-refractivity contribution >= 4 is 30.2 Å². The first-order chi connectivity index (χ1) is 23.8. The summed E-state index contributed by atoms with van der Waals surface area (Å²) in [4.78, 5) is 64.3. The predicted octanol–water partition coefficient (Wildman–Crippen LogP) is 5.99. The van der Waals surface area contributed by atoms with Crippen molar-refractivity contribution in [2.24, 2.45) is 23.7 Å². The first-order valence-corrected chi connectivity index (χ1v) is 19.4. The number of carbonyl (C=O) groups is 5. The molecule has 0 aromatic carbocycles. The lowest BCUT2D eigenvalue weighted by atomic mass is 9.87. The van der Waals surface area contributed by atoms with E-state index in [1.54, 1.807) is 62.3 Å². The zero-order chi connectivity index (χ0) is 39.3. The second-order valence-corrected chi connectivity index (χ2v) is 16.0. The summed E-state index contributed by atoms with van der Waals surface area (Å²) in [6.07, 6.45) is 10.0. The quantitative estimate of drug-likeness (QED) is 0.0407. The number of nitrogens with one attached hydrogen (secondary N) is 3. The van der Waals surface area contributed by atoms with Crippen molar-refractivity contribution < 1.29 is 43.7 Å². The molecule has 0 aromatic rings. The molecule has 3 amide bonds. The fourth-order valence-corrected chi connectivity index (χ4v) is 5.80. The minimum atomic E-state index is -1.45. The number of aliphatic hydroxyl groups is 2. The van der Waals surface area contributed by atoms with Gasteiger partial charge in [-0.05, 0) is 52.4 Å². The van der Waals surface area contributed by atoms with Crippen molar-refractivity contribution in [1.29, 1.82) is 0 Å². The Morgan fingerprint density at radius 2 is 1.12 bits per heavy atom. The molecule has 0 aliphatic heterocycles. The molecule has 0 rings (SSSR count). The highest BCUT2D eigenvalue weighted by atomic mass is 16.6. The molecule has 5 N–H and O–H groups in total. The van der Waals surface area contributed by atoms with Gasteiger partial charge in [-0.25, -0.2) is 9.59 Å². The molecule has 0 spiro atoms. The van der Waals surface area contributed by atoms with Gasteiger partial charge in [-0.15, -0.1) is 0 Å². The first kappa shape index (κ1) is 48.3. The lowest BCUT2D eigenvalue weighted by molar-refractivity contribution is -0.160. The van der Waals surface area contributed by atoms with Gasteiger partial charge in [-0.3, -0.25) is 9.59 Å². The van der Waals surface area contributed by atoms with Gasteiger partial charge >= 0.3 is 12.1 Å². The molecule has 0 radical (unpaired) electrons. The van der Waals surface area contributed by atoms with Gasteiger partial charge in [0.2, 0.25) is 11.8 Å². The second-order valence-electron chi connectivity index (χ2n) is 16.0. The van der Waals surface area contributed by atoms with Gasteiger partial charge in [0.05, 0.1) is 12.2 Å². The highest BCUT2D eigenvalue weighted by Gasteiger charge is 2.37. The Bertz CT molecular complexity index is 1030. The Morgan fingerprint density at radius 1 is 0.667 bits per heavy atom. The summed E-state index contributed by atoms with van der Waals surface area (Å²) >= 11 is 0. The largest absolute Gasteiger partial charge is 0.460 e. The maximum Gasteiger partial charge on any atom is 0.408 e. The number of alkyl carbamates (subject to hydrolysis) is 1. The summed E-state index contributed by atoms with van der Waals surface area (Å²) < 4.78 is 11.3. The number of aldehydes is 1. The number of hydrogen-bond donors (Lipinski definition) is 5. The van der Waals surface area contributed by atoms with E-state index in [0.717, 1.165) is 25.7 Å². The van der Waals surface area contributed by atoms with Gasteiger partial charge in [0.15, 0.2) is 0 Å². The molecule has 12 nitrogen and oxygen atoms in total. The molecule has 0 saturated heterocycles. The molecule has 12 heteroatoms. The maximum atomic E-state index is 13.6. The summed E-state index contributed by atoms with van der Waals surface area (Å²) in [5.74, 6) is -4.25. The van der Waals surface area contributed by atoms with Crippen molar-refractivity contribution in [3.05, 3.63) is 0 Å². The van der Waals surface area contributed by atoms with Gasteiger partial charge in [0, 0.05) is 11.8 Å². The zero-order valence-corrected chi connectivity index (χ0v) is 33.6. The van der Waals surface area contributed by atoms with Crippen LogP contribution in [0.15, 0.2) is 0 Å². The molecule has 0 saturated carbocycles. The maximum absolute atomic E-state index is 13.6. The summed E-state index contributed by atoms with van der Waals surface area (Å²) in [5.41, 5.74) is -0.792. The molecular weight excluding hydrogens is 654 g/mol. The van der Waals surface area contributed by atoms with Crippen molar-refractivity contribution in [3.8, 4) is 0 Å². The monoisotopic (exact) mass is 728 g/mol. The molecule has 0 aliphatic rings. The van der Waals surface area contributed by atoms with Crippen LogP contribution in [0.4, 0.5) is 4.79 Å². The molecule has 0 fully saturated rings. The number of amides is 3. The third-order valence-electron chi connectivity index (χ3n) is 9.14. The van der Waals surface area contributed by atoms with Crippen LogP contribution in [0, 0.1) is 23.7 Å². The standard InChI is InChI=1S/C39H73N3O9/c1-12-13-14-15-16-17-18-19-20-21-22-23-30(28(7)34(45)27(6)24-43)50-37(48)32(26(4)5)40-36(47)33(29(8)44)41-35(46)31(25(2)3)42-38(49)51-39(9,10)11/h24-34,44-45H,12-23H2,1-11H3,(H,40,47)(H,41,46)(H,42,49)/t27-,28-,29+,30+,31-,32-,33-,34-/m0/s1. The topological polar surface area (TPSA) is 180 Å². The van der Waals surface area contributed by atoms with Crippen molar-refractivity contribution in [2.45, 2.75) is 195 Å². The van der Waals surface area contributed by atoms with Gasteiger partial charge in [0.25, 0.3) is 0 Å². The minimum Gasteiger partial charge on any atom is -0.460 e. The minimum absolute atomic E-state index is 0.384. The first-order valence-electron chi connectivity index (χ1n) is 19.4. The molecular formula is C39H73N3O9. The number of esters is 1.